The predicted octanol–water partition coefficient (Wildman–Crippen LogP) is 5.71. The number of hydrogen-bond acceptors (Lipinski definition) is 1. The van der Waals surface area contributed by atoms with Crippen molar-refractivity contribution in [3.63, 3.8) is 0 Å². The predicted molar refractivity (Wildman–Crippen MR) is 97.4 cm³/mol. The van der Waals surface area contributed by atoms with Crippen molar-refractivity contribution >= 4 is 5.78 Å². The largest absolute Gasteiger partial charge is 0.295 e. The zero-order chi connectivity index (χ0) is 16.7. The first-order valence-corrected chi connectivity index (χ1v) is 10.4. The lowest BCUT2D eigenvalue weighted by Crippen LogP contribution is -2.47. The minimum absolute atomic E-state index is 0.325. The Balaban J connectivity index is 1.52. The molecule has 130 valence electrons. The standard InChI is InChI=1S/C23H32O/c1-4-9-22(2)10-8-15-18(22)5-6-19-21(15)17-13-16(17)20-12-14(24)7-11-23(19,20)3/h8,12,16-19,21H,4-7,9-11,13H2,1-3H3/t16?,17?,18?,19?,21?,22-,23?/m1/s1. The van der Waals surface area contributed by atoms with E-state index in [2.05, 4.69) is 32.9 Å². The molecule has 0 aromatic carbocycles. The van der Waals surface area contributed by atoms with E-state index in [-0.39, 0.29) is 0 Å². The van der Waals surface area contributed by atoms with Gasteiger partial charge in [-0.3, -0.25) is 4.79 Å². The van der Waals surface area contributed by atoms with Crippen molar-refractivity contribution in [1.29, 1.82) is 0 Å². The van der Waals surface area contributed by atoms with Crippen LogP contribution in [0.2, 0.25) is 0 Å². The molecule has 1 heteroatoms. The first kappa shape index (κ1) is 15.4. The lowest BCUT2D eigenvalue weighted by atomic mass is 9.50. The SMILES string of the molecule is CCC[C@]1(C)CC=C2C3C4CC4C4=CC(=O)CCC4(C)C3CCC21. The Morgan fingerprint density at radius 3 is 2.88 bits per heavy atom. The third-order valence-electron chi connectivity index (χ3n) is 8.84. The minimum Gasteiger partial charge on any atom is -0.295 e. The maximum Gasteiger partial charge on any atom is 0.155 e. The van der Waals surface area contributed by atoms with Crippen molar-refractivity contribution in [3.8, 4) is 0 Å². The van der Waals surface area contributed by atoms with Gasteiger partial charge in [0.25, 0.3) is 0 Å². The molecule has 5 aliphatic carbocycles. The summed E-state index contributed by atoms with van der Waals surface area (Å²) in [5.41, 5.74) is 4.30. The van der Waals surface area contributed by atoms with Gasteiger partial charge in [-0.05, 0) is 85.0 Å². The minimum atomic E-state index is 0.325. The Hall–Kier alpha value is -0.850. The average Bonchev–Trinajstić information content (AvgIpc) is 3.28. The number of ketones is 1. The van der Waals surface area contributed by atoms with Crippen LogP contribution in [0, 0.1) is 40.4 Å². The Morgan fingerprint density at radius 1 is 1.25 bits per heavy atom. The average molecular weight is 325 g/mol. The molecule has 0 spiro atoms. The summed E-state index contributed by atoms with van der Waals surface area (Å²) < 4.78 is 0. The number of fused-ring (bicyclic) bond motifs is 8. The highest BCUT2D eigenvalue weighted by atomic mass is 16.1. The van der Waals surface area contributed by atoms with Crippen LogP contribution in [0.5, 0.6) is 0 Å². The van der Waals surface area contributed by atoms with Gasteiger partial charge < -0.3 is 0 Å². The summed E-state index contributed by atoms with van der Waals surface area (Å²) in [5, 5.41) is 0. The van der Waals surface area contributed by atoms with Crippen LogP contribution in [0.15, 0.2) is 23.3 Å². The van der Waals surface area contributed by atoms with Gasteiger partial charge >= 0.3 is 0 Å². The van der Waals surface area contributed by atoms with Crippen molar-refractivity contribution in [2.24, 2.45) is 40.4 Å². The highest BCUT2D eigenvalue weighted by Crippen LogP contribution is 2.72. The maximum atomic E-state index is 12.0. The Labute approximate surface area is 147 Å². The van der Waals surface area contributed by atoms with E-state index in [4.69, 9.17) is 0 Å². The molecule has 3 saturated carbocycles. The number of carbonyl (C=O) groups excluding carboxylic acids is 1. The number of allylic oxidation sites excluding steroid dienone is 4. The summed E-state index contributed by atoms with van der Waals surface area (Å²) in [6, 6.07) is 0. The smallest absolute Gasteiger partial charge is 0.155 e. The van der Waals surface area contributed by atoms with Crippen molar-refractivity contribution in [3.05, 3.63) is 23.3 Å². The van der Waals surface area contributed by atoms with Gasteiger partial charge in [0.1, 0.15) is 0 Å². The van der Waals surface area contributed by atoms with E-state index in [0.29, 0.717) is 16.6 Å². The van der Waals surface area contributed by atoms with Crippen LogP contribution in [0.1, 0.15) is 72.1 Å². The molecule has 0 N–H and O–H groups in total. The van der Waals surface area contributed by atoms with Crippen LogP contribution < -0.4 is 0 Å². The van der Waals surface area contributed by atoms with Crippen molar-refractivity contribution < 1.29 is 4.79 Å². The first-order valence-electron chi connectivity index (χ1n) is 10.4. The van der Waals surface area contributed by atoms with Crippen LogP contribution >= 0.6 is 0 Å². The van der Waals surface area contributed by atoms with Crippen molar-refractivity contribution in [2.45, 2.75) is 72.1 Å². The third-order valence-corrected chi connectivity index (χ3v) is 8.84. The van der Waals surface area contributed by atoms with Gasteiger partial charge in [-0.1, -0.05) is 44.4 Å². The second-order valence-corrected chi connectivity index (χ2v) is 10.1. The van der Waals surface area contributed by atoms with Gasteiger partial charge in [-0.2, -0.15) is 0 Å². The lowest BCUT2D eigenvalue weighted by Gasteiger charge is -2.54. The van der Waals surface area contributed by atoms with Gasteiger partial charge in [0, 0.05) is 6.42 Å². The number of rotatable bonds is 2. The molecular weight excluding hydrogens is 292 g/mol. The maximum absolute atomic E-state index is 12.0. The third kappa shape index (κ3) is 1.85. The number of hydrogen-bond donors (Lipinski definition) is 0. The van der Waals surface area contributed by atoms with E-state index < -0.39 is 0 Å². The molecule has 0 amide bonds. The molecule has 0 heterocycles. The molecule has 6 unspecified atom stereocenters. The van der Waals surface area contributed by atoms with Crippen LogP contribution in [0.4, 0.5) is 0 Å². The fourth-order valence-corrected chi connectivity index (χ4v) is 7.62. The molecule has 0 aromatic rings. The van der Waals surface area contributed by atoms with Crippen molar-refractivity contribution in [1.82, 2.24) is 0 Å². The summed E-state index contributed by atoms with van der Waals surface area (Å²) in [6.45, 7) is 7.42. The van der Waals surface area contributed by atoms with Crippen molar-refractivity contribution in [2.75, 3.05) is 0 Å². The summed E-state index contributed by atoms with van der Waals surface area (Å²) in [6.07, 6.45) is 14.9. The highest BCUT2D eigenvalue weighted by Gasteiger charge is 2.64. The van der Waals surface area contributed by atoms with E-state index in [1.807, 2.05) is 5.57 Å². The molecule has 1 nitrogen and oxygen atoms in total. The highest BCUT2D eigenvalue weighted by molar-refractivity contribution is 5.92. The summed E-state index contributed by atoms with van der Waals surface area (Å²) in [7, 11) is 0. The fourth-order valence-electron chi connectivity index (χ4n) is 7.62. The molecule has 5 rings (SSSR count). The molecule has 0 saturated heterocycles. The van der Waals surface area contributed by atoms with Gasteiger partial charge in [0.15, 0.2) is 5.78 Å². The lowest BCUT2D eigenvalue weighted by molar-refractivity contribution is -0.116. The summed E-state index contributed by atoms with van der Waals surface area (Å²) in [5.74, 6) is 4.54. The molecule has 5 aliphatic rings. The molecule has 0 bridgehead atoms. The van der Waals surface area contributed by atoms with Gasteiger partial charge in [-0.25, -0.2) is 0 Å². The van der Waals surface area contributed by atoms with E-state index in [9.17, 15) is 4.79 Å². The molecule has 7 atom stereocenters. The van der Waals surface area contributed by atoms with Gasteiger partial charge in [-0.15, -0.1) is 0 Å². The molecular formula is C23H32O. The van der Waals surface area contributed by atoms with Crippen LogP contribution in [0.25, 0.3) is 0 Å². The monoisotopic (exact) mass is 324 g/mol. The molecule has 0 radical (unpaired) electrons. The van der Waals surface area contributed by atoms with E-state index in [0.717, 1.165) is 42.4 Å². The van der Waals surface area contributed by atoms with Crippen LogP contribution in [-0.4, -0.2) is 5.78 Å². The zero-order valence-corrected chi connectivity index (χ0v) is 15.6. The molecule has 3 fully saturated rings. The second kappa shape index (κ2) is 4.86. The van der Waals surface area contributed by atoms with E-state index in [1.54, 1.807) is 5.57 Å². The first-order chi connectivity index (χ1) is 11.5. The molecule has 0 aliphatic heterocycles. The van der Waals surface area contributed by atoms with Gasteiger partial charge in [0.05, 0.1) is 0 Å². The topological polar surface area (TPSA) is 17.1 Å². The quantitative estimate of drug-likeness (QED) is 0.594. The van der Waals surface area contributed by atoms with Gasteiger partial charge in [0.2, 0.25) is 0 Å². The second-order valence-electron chi connectivity index (χ2n) is 10.1. The Bertz CT molecular complexity index is 655. The Kier molecular flexibility index (Phi) is 3.12. The normalized spacial score (nSPS) is 51.8. The fraction of sp³-hybridized carbons (Fsp3) is 0.783. The number of carbonyl (C=O) groups is 1. The molecule has 0 aromatic heterocycles. The van der Waals surface area contributed by atoms with E-state index >= 15 is 0 Å². The summed E-state index contributed by atoms with van der Waals surface area (Å²) in [4.78, 5) is 12.0. The van der Waals surface area contributed by atoms with E-state index in [1.165, 1.54) is 38.5 Å². The zero-order valence-electron chi connectivity index (χ0n) is 15.6. The Morgan fingerprint density at radius 2 is 2.08 bits per heavy atom. The van der Waals surface area contributed by atoms with Crippen LogP contribution in [0.3, 0.4) is 0 Å². The summed E-state index contributed by atoms with van der Waals surface area (Å²) >= 11 is 0. The van der Waals surface area contributed by atoms with Crippen LogP contribution in [-0.2, 0) is 4.79 Å². The molecule has 24 heavy (non-hydrogen) atoms.